The Bertz CT molecular complexity index is 267. The molecule has 1 aliphatic heterocycles. The predicted octanol–water partition coefficient (Wildman–Crippen LogP) is 1.18. The second kappa shape index (κ2) is 5.89. The van der Waals surface area contributed by atoms with Crippen molar-refractivity contribution in [2.75, 3.05) is 19.7 Å². The van der Waals surface area contributed by atoms with E-state index in [0.717, 1.165) is 19.1 Å². The number of rotatable bonds is 4. The van der Waals surface area contributed by atoms with E-state index in [0.29, 0.717) is 0 Å². The Labute approximate surface area is 91.6 Å². The van der Waals surface area contributed by atoms with Crippen molar-refractivity contribution >= 4 is 0 Å². The van der Waals surface area contributed by atoms with Gasteiger partial charge in [-0.25, -0.2) is 0 Å². The van der Waals surface area contributed by atoms with E-state index in [4.69, 9.17) is 4.74 Å². The summed E-state index contributed by atoms with van der Waals surface area (Å²) < 4.78 is 5.75. The minimum atomic E-state index is 0.765. The summed E-state index contributed by atoms with van der Waals surface area (Å²) in [5.74, 6) is 0.790. The smallest absolute Gasteiger partial charge is 0.0758 e. The van der Waals surface area contributed by atoms with Crippen molar-refractivity contribution in [1.82, 2.24) is 0 Å². The number of piperidine rings is 1. The lowest BCUT2D eigenvalue weighted by Gasteiger charge is -2.20. The topological polar surface area (TPSA) is 25.8 Å². The summed E-state index contributed by atoms with van der Waals surface area (Å²) in [4.78, 5) is 0. The van der Waals surface area contributed by atoms with E-state index >= 15 is 0 Å². The van der Waals surface area contributed by atoms with Gasteiger partial charge in [0.15, 0.2) is 0 Å². The highest BCUT2D eigenvalue weighted by atomic mass is 16.5. The maximum atomic E-state index is 5.75. The van der Waals surface area contributed by atoms with E-state index < -0.39 is 0 Å². The van der Waals surface area contributed by atoms with Crippen LogP contribution in [0, 0.1) is 5.92 Å². The van der Waals surface area contributed by atoms with Gasteiger partial charge in [0, 0.05) is 12.8 Å². The number of hydrogen-bond acceptors (Lipinski definition) is 1. The Kier molecular flexibility index (Phi) is 4.18. The zero-order valence-electron chi connectivity index (χ0n) is 9.19. The van der Waals surface area contributed by atoms with Crippen molar-refractivity contribution < 1.29 is 10.1 Å². The Morgan fingerprint density at radius 3 is 2.60 bits per heavy atom. The molecule has 15 heavy (non-hydrogen) atoms. The number of benzene rings is 1. The third-order valence-electron chi connectivity index (χ3n) is 3.02. The van der Waals surface area contributed by atoms with Crippen molar-refractivity contribution in [3.8, 4) is 0 Å². The van der Waals surface area contributed by atoms with Crippen LogP contribution in [-0.2, 0) is 11.3 Å². The van der Waals surface area contributed by atoms with Gasteiger partial charge in [-0.3, -0.25) is 0 Å². The highest BCUT2D eigenvalue weighted by molar-refractivity contribution is 5.13. The van der Waals surface area contributed by atoms with Crippen LogP contribution >= 0.6 is 0 Å². The summed E-state index contributed by atoms with van der Waals surface area (Å²) in [6, 6.07) is 10.4. The molecule has 0 spiro atoms. The molecule has 0 aromatic heterocycles. The lowest BCUT2D eigenvalue weighted by Crippen LogP contribution is -2.86. The highest BCUT2D eigenvalue weighted by Crippen LogP contribution is 2.10. The highest BCUT2D eigenvalue weighted by Gasteiger charge is 2.14. The molecule has 2 N–H and O–H groups in total. The van der Waals surface area contributed by atoms with Crippen molar-refractivity contribution in [3.63, 3.8) is 0 Å². The van der Waals surface area contributed by atoms with Crippen LogP contribution in [0.25, 0.3) is 0 Å². The van der Waals surface area contributed by atoms with Crippen molar-refractivity contribution in [2.24, 2.45) is 5.92 Å². The molecule has 0 saturated carbocycles. The van der Waals surface area contributed by atoms with E-state index in [2.05, 4.69) is 29.6 Å². The third-order valence-corrected chi connectivity index (χ3v) is 3.02. The van der Waals surface area contributed by atoms with Gasteiger partial charge in [0.05, 0.1) is 26.3 Å². The zero-order valence-corrected chi connectivity index (χ0v) is 9.19. The lowest BCUT2D eigenvalue weighted by molar-refractivity contribution is -0.665. The van der Waals surface area contributed by atoms with Crippen molar-refractivity contribution in [3.05, 3.63) is 35.9 Å². The number of hydrogen-bond donors (Lipinski definition) is 1. The monoisotopic (exact) mass is 206 g/mol. The summed E-state index contributed by atoms with van der Waals surface area (Å²) in [5.41, 5.74) is 1.28. The van der Waals surface area contributed by atoms with Crippen LogP contribution < -0.4 is 5.32 Å². The van der Waals surface area contributed by atoms with Gasteiger partial charge in [0.2, 0.25) is 0 Å². The molecule has 82 valence electrons. The summed E-state index contributed by atoms with van der Waals surface area (Å²) in [6.07, 6.45) is 2.63. The van der Waals surface area contributed by atoms with Gasteiger partial charge in [-0.1, -0.05) is 30.3 Å². The largest absolute Gasteiger partial charge is 0.376 e. The Hall–Kier alpha value is -0.860. The molecule has 2 heteroatoms. The Morgan fingerprint density at radius 1 is 1.13 bits per heavy atom. The average molecular weight is 206 g/mol. The lowest BCUT2D eigenvalue weighted by atomic mass is 9.99. The van der Waals surface area contributed by atoms with E-state index in [-0.39, 0.29) is 0 Å². The normalized spacial score (nSPS) is 17.9. The molecule has 0 amide bonds. The summed E-state index contributed by atoms with van der Waals surface area (Å²) >= 11 is 0. The van der Waals surface area contributed by atoms with Crippen LogP contribution in [0.4, 0.5) is 0 Å². The molecule has 1 aliphatic rings. The molecule has 0 bridgehead atoms. The van der Waals surface area contributed by atoms with Gasteiger partial charge in [0.25, 0.3) is 0 Å². The van der Waals surface area contributed by atoms with Gasteiger partial charge < -0.3 is 10.1 Å². The van der Waals surface area contributed by atoms with Gasteiger partial charge in [-0.05, 0) is 11.5 Å². The summed E-state index contributed by atoms with van der Waals surface area (Å²) in [7, 11) is 0. The molecule has 0 atom stereocenters. The third kappa shape index (κ3) is 3.65. The van der Waals surface area contributed by atoms with Gasteiger partial charge >= 0.3 is 0 Å². The number of nitrogens with two attached hydrogens (primary N) is 1. The minimum Gasteiger partial charge on any atom is -0.376 e. The van der Waals surface area contributed by atoms with Crippen LogP contribution in [0.15, 0.2) is 30.3 Å². The first kappa shape index (κ1) is 10.7. The van der Waals surface area contributed by atoms with Crippen LogP contribution in [0.5, 0.6) is 0 Å². The maximum Gasteiger partial charge on any atom is 0.0758 e. The van der Waals surface area contributed by atoms with E-state index in [1.54, 1.807) is 0 Å². The van der Waals surface area contributed by atoms with Crippen molar-refractivity contribution in [1.29, 1.82) is 0 Å². The van der Waals surface area contributed by atoms with E-state index in [1.165, 1.54) is 31.5 Å². The first-order valence-corrected chi connectivity index (χ1v) is 5.88. The number of quaternary nitrogens is 1. The first-order valence-electron chi connectivity index (χ1n) is 5.88. The second-order valence-electron chi connectivity index (χ2n) is 4.31. The predicted molar refractivity (Wildman–Crippen MR) is 60.5 cm³/mol. The Balaban J connectivity index is 1.66. The molecular formula is C13H20NO+. The second-order valence-corrected chi connectivity index (χ2v) is 4.31. The molecule has 0 aliphatic carbocycles. The quantitative estimate of drug-likeness (QED) is 0.786. The fourth-order valence-corrected chi connectivity index (χ4v) is 2.08. The molecule has 1 heterocycles. The van der Waals surface area contributed by atoms with Crippen LogP contribution in [0.2, 0.25) is 0 Å². The standard InChI is InChI=1S/C13H19NO/c1-2-4-12(5-3-1)10-15-11-13-6-8-14-9-7-13/h1-5,13-14H,6-11H2/p+1. The molecule has 0 unspecified atom stereocenters. The molecule has 1 aromatic carbocycles. The molecule has 0 radical (unpaired) electrons. The first-order chi connectivity index (χ1) is 7.45. The van der Waals surface area contributed by atoms with Crippen LogP contribution in [0.3, 0.4) is 0 Å². The average Bonchev–Trinajstić information content (AvgIpc) is 2.32. The summed E-state index contributed by atoms with van der Waals surface area (Å²) in [5, 5.41) is 2.40. The molecule has 1 aromatic rings. The maximum absolute atomic E-state index is 5.75. The summed E-state index contributed by atoms with van der Waals surface area (Å²) in [6.45, 7) is 4.25. The molecule has 2 rings (SSSR count). The molecule has 1 fully saturated rings. The molecular weight excluding hydrogens is 186 g/mol. The van der Waals surface area contributed by atoms with E-state index in [1.807, 2.05) is 6.07 Å². The van der Waals surface area contributed by atoms with Gasteiger partial charge in [-0.15, -0.1) is 0 Å². The van der Waals surface area contributed by atoms with Crippen LogP contribution in [-0.4, -0.2) is 19.7 Å². The van der Waals surface area contributed by atoms with E-state index in [9.17, 15) is 0 Å². The van der Waals surface area contributed by atoms with Crippen LogP contribution in [0.1, 0.15) is 18.4 Å². The zero-order chi connectivity index (χ0) is 10.3. The fraction of sp³-hybridized carbons (Fsp3) is 0.538. The SMILES string of the molecule is c1ccc(COCC2CC[NH2+]CC2)cc1. The fourth-order valence-electron chi connectivity index (χ4n) is 2.08. The van der Waals surface area contributed by atoms with Gasteiger partial charge in [0.1, 0.15) is 0 Å². The molecule has 1 saturated heterocycles. The Morgan fingerprint density at radius 2 is 1.87 bits per heavy atom. The number of ether oxygens (including phenoxy) is 1. The van der Waals surface area contributed by atoms with Crippen molar-refractivity contribution in [2.45, 2.75) is 19.4 Å². The molecule has 2 nitrogen and oxygen atoms in total. The minimum absolute atomic E-state index is 0.765. The van der Waals surface area contributed by atoms with Gasteiger partial charge in [-0.2, -0.15) is 0 Å².